The average molecular weight is 181 g/mol. The number of nitrogens with zero attached hydrogens (tertiary/aromatic N) is 2. The lowest BCUT2D eigenvalue weighted by molar-refractivity contribution is 0.0685. The number of rotatable bonds is 2. The third-order valence-electron chi connectivity index (χ3n) is 2.78. The minimum atomic E-state index is -1.00. The van der Waals surface area contributed by atoms with Gasteiger partial charge in [0.15, 0.2) is 5.69 Å². The summed E-state index contributed by atoms with van der Waals surface area (Å²) in [6.07, 6.45) is 3.14. The Labute approximate surface area is 75.2 Å². The van der Waals surface area contributed by atoms with Crippen LogP contribution in [0.2, 0.25) is 0 Å². The van der Waals surface area contributed by atoms with Gasteiger partial charge in [0.25, 0.3) is 0 Å². The Morgan fingerprint density at radius 3 is 2.69 bits per heavy atom. The third kappa shape index (κ3) is 1.11. The fourth-order valence-electron chi connectivity index (χ4n) is 1.74. The fraction of sp³-hybridized carbons (Fsp3) is 0.625. The lowest BCUT2D eigenvalue weighted by Gasteiger charge is -2.36. The topological polar surface area (TPSA) is 78.9 Å². The van der Waals surface area contributed by atoms with Gasteiger partial charge in [-0.2, -0.15) is 10.3 Å². The second kappa shape index (κ2) is 2.55. The van der Waals surface area contributed by atoms with Gasteiger partial charge in [-0.05, 0) is 12.8 Å². The fourth-order valence-corrected chi connectivity index (χ4v) is 1.74. The zero-order valence-corrected chi connectivity index (χ0v) is 7.37. The molecule has 0 aromatic carbocycles. The Morgan fingerprint density at radius 2 is 2.23 bits per heavy atom. The highest BCUT2D eigenvalue weighted by atomic mass is 16.4. The zero-order valence-electron chi connectivity index (χ0n) is 7.37. The lowest BCUT2D eigenvalue weighted by Crippen LogP contribution is -2.32. The molecule has 5 heteroatoms. The van der Waals surface area contributed by atoms with E-state index in [-0.39, 0.29) is 11.1 Å². The standard InChI is InChI=1S/C8H11N3O2/c1-8(3-2-4-8)6-5(7(12)13)9-11-10-6/h2-4H2,1H3,(H,12,13)(H,9,10,11). The Morgan fingerprint density at radius 1 is 1.54 bits per heavy atom. The molecule has 0 unspecified atom stereocenters. The second-order valence-corrected chi connectivity index (χ2v) is 3.74. The first-order valence-electron chi connectivity index (χ1n) is 4.28. The van der Waals surface area contributed by atoms with Gasteiger partial charge < -0.3 is 5.11 Å². The molecule has 1 heterocycles. The van der Waals surface area contributed by atoms with Crippen molar-refractivity contribution < 1.29 is 9.90 Å². The molecule has 13 heavy (non-hydrogen) atoms. The van der Waals surface area contributed by atoms with E-state index in [0.717, 1.165) is 19.3 Å². The van der Waals surface area contributed by atoms with E-state index >= 15 is 0 Å². The molecule has 2 N–H and O–H groups in total. The van der Waals surface area contributed by atoms with Crippen molar-refractivity contribution >= 4 is 5.97 Å². The highest BCUT2D eigenvalue weighted by molar-refractivity contribution is 5.86. The summed E-state index contributed by atoms with van der Waals surface area (Å²) in [5.74, 6) is -1.00. The molecule has 2 rings (SSSR count). The minimum absolute atomic E-state index is 0.0687. The van der Waals surface area contributed by atoms with Crippen LogP contribution < -0.4 is 0 Å². The first kappa shape index (κ1) is 8.22. The first-order chi connectivity index (χ1) is 6.13. The Kier molecular flexibility index (Phi) is 1.61. The van der Waals surface area contributed by atoms with Crippen LogP contribution in [0.1, 0.15) is 42.4 Å². The number of hydrogen-bond donors (Lipinski definition) is 2. The summed E-state index contributed by atoms with van der Waals surface area (Å²) in [7, 11) is 0. The van der Waals surface area contributed by atoms with E-state index < -0.39 is 5.97 Å². The molecular weight excluding hydrogens is 170 g/mol. The Hall–Kier alpha value is -1.39. The number of carboxylic acids is 1. The Balaban J connectivity index is 2.39. The van der Waals surface area contributed by atoms with Crippen LogP contribution >= 0.6 is 0 Å². The van der Waals surface area contributed by atoms with Gasteiger partial charge in [-0.15, -0.1) is 5.10 Å². The van der Waals surface area contributed by atoms with Crippen LogP contribution in [-0.4, -0.2) is 26.5 Å². The summed E-state index contributed by atoms with van der Waals surface area (Å²) < 4.78 is 0. The molecule has 0 bridgehead atoms. The summed E-state index contributed by atoms with van der Waals surface area (Å²) in [6, 6.07) is 0. The maximum absolute atomic E-state index is 10.7. The smallest absolute Gasteiger partial charge is 0.358 e. The summed E-state index contributed by atoms with van der Waals surface area (Å²) >= 11 is 0. The molecule has 0 atom stereocenters. The maximum Gasteiger partial charge on any atom is 0.358 e. The SMILES string of the molecule is CC1(c2n[nH]nc2C(=O)O)CCC1. The highest BCUT2D eigenvalue weighted by Crippen LogP contribution is 2.42. The van der Waals surface area contributed by atoms with Crippen molar-refractivity contribution in [3.63, 3.8) is 0 Å². The largest absolute Gasteiger partial charge is 0.476 e. The van der Waals surface area contributed by atoms with Crippen LogP contribution in [0.25, 0.3) is 0 Å². The first-order valence-corrected chi connectivity index (χ1v) is 4.28. The molecule has 0 spiro atoms. The number of nitrogens with one attached hydrogen (secondary N) is 1. The van der Waals surface area contributed by atoms with Gasteiger partial charge in [-0.1, -0.05) is 13.3 Å². The number of aromatic amines is 1. The second-order valence-electron chi connectivity index (χ2n) is 3.74. The average Bonchev–Trinajstić information content (AvgIpc) is 2.47. The van der Waals surface area contributed by atoms with Gasteiger partial charge in [0.2, 0.25) is 0 Å². The molecule has 1 aromatic heterocycles. The molecule has 1 fully saturated rings. The summed E-state index contributed by atoms with van der Waals surface area (Å²) in [5.41, 5.74) is 0.606. The van der Waals surface area contributed by atoms with Crippen LogP contribution in [0.15, 0.2) is 0 Å². The molecule has 0 saturated heterocycles. The lowest BCUT2D eigenvalue weighted by atomic mass is 9.68. The van der Waals surface area contributed by atoms with Crippen LogP contribution in [-0.2, 0) is 5.41 Å². The Bertz CT molecular complexity index is 341. The van der Waals surface area contributed by atoms with E-state index in [2.05, 4.69) is 15.4 Å². The van der Waals surface area contributed by atoms with E-state index in [1.54, 1.807) is 0 Å². The number of carboxylic acid groups (broad SMARTS) is 1. The molecule has 1 saturated carbocycles. The monoisotopic (exact) mass is 181 g/mol. The molecular formula is C8H11N3O2. The molecule has 0 amide bonds. The van der Waals surface area contributed by atoms with Gasteiger partial charge in [0.05, 0.1) is 0 Å². The van der Waals surface area contributed by atoms with Crippen LogP contribution in [0, 0.1) is 0 Å². The van der Waals surface area contributed by atoms with E-state index in [1.807, 2.05) is 6.92 Å². The molecule has 5 nitrogen and oxygen atoms in total. The summed E-state index contributed by atoms with van der Waals surface area (Å²) in [5, 5.41) is 18.7. The van der Waals surface area contributed by atoms with Gasteiger partial charge in [0.1, 0.15) is 5.69 Å². The van der Waals surface area contributed by atoms with Crippen molar-refractivity contribution in [1.82, 2.24) is 15.4 Å². The number of carbonyl (C=O) groups is 1. The summed E-state index contributed by atoms with van der Waals surface area (Å²) in [4.78, 5) is 10.7. The molecule has 1 aliphatic carbocycles. The van der Waals surface area contributed by atoms with Crippen molar-refractivity contribution in [2.24, 2.45) is 0 Å². The van der Waals surface area contributed by atoms with Crippen molar-refractivity contribution in [3.8, 4) is 0 Å². The molecule has 1 aliphatic rings. The quantitative estimate of drug-likeness (QED) is 0.711. The molecule has 0 radical (unpaired) electrons. The predicted octanol–water partition coefficient (Wildman–Crippen LogP) is 0.945. The molecule has 70 valence electrons. The number of aromatic nitrogens is 3. The van der Waals surface area contributed by atoms with E-state index in [9.17, 15) is 4.79 Å². The maximum atomic E-state index is 10.7. The van der Waals surface area contributed by atoms with Crippen molar-refractivity contribution in [2.75, 3.05) is 0 Å². The van der Waals surface area contributed by atoms with Gasteiger partial charge in [0, 0.05) is 5.41 Å². The van der Waals surface area contributed by atoms with Crippen molar-refractivity contribution in [2.45, 2.75) is 31.6 Å². The predicted molar refractivity (Wildman–Crippen MR) is 44.5 cm³/mol. The molecule has 0 aliphatic heterocycles. The summed E-state index contributed by atoms with van der Waals surface area (Å²) in [6.45, 7) is 2.03. The van der Waals surface area contributed by atoms with Crippen LogP contribution in [0.4, 0.5) is 0 Å². The van der Waals surface area contributed by atoms with E-state index in [1.165, 1.54) is 0 Å². The molecule has 1 aromatic rings. The van der Waals surface area contributed by atoms with Gasteiger partial charge >= 0.3 is 5.97 Å². The van der Waals surface area contributed by atoms with E-state index in [4.69, 9.17) is 5.11 Å². The highest BCUT2D eigenvalue weighted by Gasteiger charge is 2.39. The van der Waals surface area contributed by atoms with Gasteiger partial charge in [-0.3, -0.25) is 0 Å². The van der Waals surface area contributed by atoms with Crippen LogP contribution in [0.5, 0.6) is 0 Å². The van der Waals surface area contributed by atoms with E-state index in [0.29, 0.717) is 5.69 Å². The minimum Gasteiger partial charge on any atom is -0.476 e. The third-order valence-corrected chi connectivity index (χ3v) is 2.78. The van der Waals surface area contributed by atoms with Crippen molar-refractivity contribution in [1.29, 1.82) is 0 Å². The number of hydrogen-bond acceptors (Lipinski definition) is 3. The van der Waals surface area contributed by atoms with Gasteiger partial charge in [-0.25, -0.2) is 4.79 Å². The number of aromatic carboxylic acids is 1. The number of H-pyrrole nitrogens is 1. The normalized spacial score (nSPS) is 19.5. The van der Waals surface area contributed by atoms with Crippen molar-refractivity contribution in [3.05, 3.63) is 11.4 Å². The zero-order chi connectivity index (χ0) is 9.47. The van der Waals surface area contributed by atoms with Crippen LogP contribution in [0.3, 0.4) is 0 Å².